The zero-order chi connectivity index (χ0) is 35.8. The number of carbonyl (C=O) groups is 2. The molecule has 11 N–H and O–H groups in total. The second-order valence-corrected chi connectivity index (χ2v) is 11.8. The molecule has 262 valence electrons. The lowest BCUT2D eigenvalue weighted by atomic mass is 9.78. The van der Waals surface area contributed by atoms with Gasteiger partial charge in [0.25, 0.3) is 0 Å². The Morgan fingerprint density at radius 1 is 1.10 bits per heavy atom. The van der Waals surface area contributed by atoms with Gasteiger partial charge in [-0.2, -0.15) is 0 Å². The number of anilines is 1. The van der Waals surface area contributed by atoms with Crippen LogP contribution in [0.2, 0.25) is 0 Å². The maximum atomic E-state index is 14.2. The van der Waals surface area contributed by atoms with Crippen LogP contribution in [-0.2, 0) is 24.3 Å². The van der Waals surface area contributed by atoms with Crippen LogP contribution in [0.3, 0.4) is 0 Å². The smallest absolute Gasteiger partial charge is 0.229 e. The first-order valence-corrected chi connectivity index (χ1v) is 15.3. The van der Waals surface area contributed by atoms with Crippen molar-refractivity contribution in [1.29, 1.82) is 0 Å². The van der Waals surface area contributed by atoms with Crippen molar-refractivity contribution in [3.8, 4) is 17.2 Å². The molecule has 0 unspecified atom stereocenters. The summed E-state index contributed by atoms with van der Waals surface area (Å²) in [4.78, 5) is 36.0. The summed E-state index contributed by atoms with van der Waals surface area (Å²) in [6, 6.07) is 5.86. The average Bonchev–Trinajstić information content (AvgIpc) is 3.08. The van der Waals surface area contributed by atoms with E-state index < -0.39 is 60.7 Å². The third-order valence-electron chi connectivity index (χ3n) is 9.02. The largest absolute Gasteiger partial charge is 0.507 e. The molecule has 5 rings (SSSR count). The number of aryl methyl sites for hydroxylation is 2. The molecular formula is C33H39N5O11. The standard InChI is InChI=1S/C33H39N5O11/c1-14-8-16-24(27(42)17(14)11-38-32(35)36-2)28(43)25-20(10-19(47-3)18(12-39)23(25)26(16)41)48-31-29(44)30(45)33(46,21(13-40)49-31)6-4-15-5-7-37-22(34)9-15/h5,7-10,21,29-31,39-40,42,44-46H,4,6,11-13H2,1-3H3,(H2,34,37)(H3,35,36,38)/t21-,29-,30-,31-,33-/m1/s1. The number of nitrogen functional groups attached to an aromatic ring is 1. The van der Waals surface area contributed by atoms with Crippen molar-refractivity contribution in [2.75, 3.05) is 26.5 Å². The minimum atomic E-state index is -2.16. The summed E-state index contributed by atoms with van der Waals surface area (Å²) in [7, 11) is 2.73. The molecule has 0 saturated carbocycles. The number of aliphatic hydroxyl groups is 5. The molecule has 2 aliphatic rings. The molecule has 2 aromatic carbocycles. The quantitative estimate of drug-likeness (QED) is 0.0730. The first-order chi connectivity index (χ1) is 23.3. The number of nitrogens with one attached hydrogen (secondary N) is 1. The van der Waals surface area contributed by atoms with Crippen LogP contribution in [0.25, 0.3) is 0 Å². The third kappa shape index (κ3) is 6.25. The number of nitrogens with two attached hydrogens (primary N) is 2. The Balaban J connectivity index is 1.54. The van der Waals surface area contributed by atoms with Crippen LogP contribution in [-0.4, -0.2) is 104 Å². The van der Waals surface area contributed by atoms with Crippen LogP contribution >= 0.6 is 0 Å². The molecule has 1 aliphatic carbocycles. The molecule has 2 heterocycles. The fraction of sp³-hybridized carbons (Fsp3) is 0.394. The fourth-order valence-electron chi connectivity index (χ4n) is 6.30. The van der Waals surface area contributed by atoms with Crippen molar-refractivity contribution < 1.29 is 54.4 Å². The molecule has 16 nitrogen and oxygen atoms in total. The number of hydrogen-bond acceptors (Lipinski definition) is 14. The summed E-state index contributed by atoms with van der Waals surface area (Å²) in [5.41, 5.74) is 9.58. The molecule has 1 fully saturated rings. The van der Waals surface area contributed by atoms with E-state index in [4.69, 9.17) is 25.7 Å². The summed E-state index contributed by atoms with van der Waals surface area (Å²) in [5, 5.41) is 68.5. The minimum Gasteiger partial charge on any atom is -0.507 e. The number of carbonyl (C=O) groups excluding carboxylic acids is 2. The molecule has 1 aromatic heterocycles. The molecular weight excluding hydrogens is 642 g/mol. The van der Waals surface area contributed by atoms with Crippen LogP contribution in [0.5, 0.6) is 17.2 Å². The van der Waals surface area contributed by atoms with Crippen molar-refractivity contribution in [3.63, 3.8) is 0 Å². The summed E-state index contributed by atoms with van der Waals surface area (Å²) < 4.78 is 17.2. The molecule has 0 amide bonds. The van der Waals surface area contributed by atoms with E-state index in [0.29, 0.717) is 11.1 Å². The van der Waals surface area contributed by atoms with E-state index in [1.807, 2.05) is 0 Å². The van der Waals surface area contributed by atoms with E-state index in [0.717, 1.165) is 0 Å². The summed E-state index contributed by atoms with van der Waals surface area (Å²) in [6.07, 6.45) is -5.65. The van der Waals surface area contributed by atoms with E-state index >= 15 is 0 Å². The number of aromatic nitrogens is 1. The topological polar surface area (TPSA) is 273 Å². The first kappa shape index (κ1) is 35.5. The number of fused-ring (bicyclic) bond motifs is 2. The lowest BCUT2D eigenvalue weighted by Gasteiger charge is -2.48. The number of aliphatic hydroxyl groups excluding tert-OH is 4. The number of ketones is 2. The first-order valence-electron chi connectivity index (χ1n) is 15.3. The molecule has 16 heteroatoms. The Kier molecular flexibility index (Phi) is 10.1. The summed E-state index contributed by atoms with van der Waals surface area (Å²) in [5.74, 6) is -2.17. The highest BCUT2D eigenvalue weighted by Crippen LogP contribution is 2.45. The number of guanidine groups is 1. The van der Waals surface area contributed by atoms with Crippen LogP contribution in [0.1, 0.15) is 60.5 Å². The Morgan fingerprint density at radius 3 is 2.47 bits per heavy atom. The van der Waals surface area contributed by atoms with Gasteiger partial charge >= 0.3 is 0 Å². The number of rotatable bonds is 10. The monoisotopic (exact) mass is 681 g/mol. The molecule has 0 spiro atoms. The normalized spacial score (nSPS) is 23.6. The Hall–Kier alpha value is -4.84. The molecule has 3 aromatic rings. The van der Waals surface area contributed by atoms with Crippen molar-refractivity contribution in [3.05, 3.63) is 75.0 Å². The maximum Gasteiger partial charge on any atom is 0.229 e. The van der Waals surface area contributed by atoms with Gasteiger partial charge in [0, 0.05) is 48.1 Å². The summed E-state index contributed by atoms with van der Waals surface area (Å²) in [6.45, 7) is 0.0870. The highest BCUT2D eigenvalue weighted by molar-refractivity contribution is 6.31. The lowest BCUT2D eigenvalue weighted by molar-refractivity contribution is -0.314. The third-order valence-corrected chi connectivity index (χ3v) is 9.02. The SMILES string of the molecule is CN=C(N)NCc1c(C)cc2c(c1O)C(=O)c1c(O[C@@H]3O[C@H](CO)[C@](O)(CCc4ccnc(N)c4)[C@H](O)[C@H]3O)cc(OC)c(CO)c1C2=O. The van der Waals surface area contributed by atoms with Crippen LogP contribution in [0, 0.1) is 6.92 Å². The highest BCUT2D eigenvalue weighted by atomic mass is 16.7. The van der Waals surface area contributed by atoms with Gasteiger partial charge in [0.05, 0.1) is 31.5 Å². The van der Waals surface area contributed by atoms with Crippen molar-refractivity contribution in [1.82, 2.24) is 10.3 Å². The number of phenolic OH excluding ortho intramolecular Hbond substituents is 1. The number of aliphatic imine (C=N–C) groups is 1. The number of methoxy groups -OCH3 is 1. The Morgan fingerprint density at radius 2 is 1.84 bits per heavy atom. The number of ether oxygens (including phenoxy) is 3. The molecule has 0 radical (unpaired) electrons. The van der Waals surface area contributed by atoms with Gasteiger partial charge in [-0.15, -0.1) is 0 Å². The van der Waals surface area contributed by atoms with Gasteiger partial charge in [-0.3, -0.25) is 14.6 Å². The number of pyridine rings is 1. The number of aromatic hydroxyl groups is 1. The van der Waals surface area contributed by atoms with E-state index in [-0.39, 0.29) is 76.0 Å². The second-order valence-electron chi connectivity index (χ2n) is 11.8. The van der Waals surface area contributed by atoms with E-state index in [1.165, 1.54) is 32.5 Å². The number of hydrogen-bond donors (Lipinski definition) is 9. The van der Waals surface area contributed by atoms with E-state index in [1.54, 1.807) is 19.1 Å². The molecule has 1 aliphatic heterocycles. The highest BCUT2D eigenvalue weighted by Gasteiger charge is 2.55. The van der Waals surface area contributed by atoms with Gasteiger partial charge in [-0.05, 0) is 49.1 Å². The predicted octanol–water partition coefficient (Wildman–Crippen LogP) is -0.830. The molecule has 0 bridgehead atoms. The zero-order valence-corrected chi connectivity index (χ0v) is 27.0. The molecule has 5 atom stereocenters. The number of benzene rings is 2. The molecule has 49 heavy (non-hydrogen) atoms. The average molecular weight is 682 g/mol. The van der Waals surface area contributed by atoms with E-state index in [9.17, 15) is 40.2 Å². The van der Waals surface area contributed by atoms with Crippen molar-refractivity contribution >= 4 is 23.3 Å². The van der Waals surface area contributed by atoms with Crippen LogP contribution in [0.4, 0.5) is 5.82 Å². The van der Waals surface area contributed by atoms with Gasteiger partial charge in [0.2, 0.25) is 12.1 Å². The number of phenols is 1. The van der Waals surface area contributed by atoms with Gasteiger partial charge < -0.3 is 61.6 Å². The van der Waals surface area contributed by atoms with Crippen molar-refractivity contribution in [2.45, 2.75) is 63.1 Å². The maximum absolute atomic E-state index is 14.2. The van der Waals surface area contributed by atoms with Gasteiger partial charge in [0.15, 0.2) is 11.7 Å². The van der Waals surface area contributed by atoms with Crippen LogP contribution in [0.15, 0.2) is 35.5 Å². The number of nitrogens with zero attached hydrogens (tertiary/aromatic N) is 2. The summed E-state index contributed by atoms with van der Waals surface area (Å²) >= 11 is 0. The zero-order valence-electron chi connectivity index (χ0n) is 27.0. The Labute approximate surface area is 280 Å². The molecule has 1 saturated heterocycles. The van der Waals surface area contributed by atoms with E-state index in [2.05, 4.69) is 15.3 Å². The Bertz CT molecular complexity index is 1810. The van der Waals surface area contributed by atoms with Gasteiger partial charge in [0.1, 0.15) is 47.0 Å². The second kappa shape index (κ2) is 13.9. The lowest BCUT2D eigenvalue weighted by Crippen LogP contribution is -2.68. The van der Waals surface area contributed by atoms with Crippen molar-refractivity contribution in [2.24, 2.45) is 10.7 Å². The fourth-order valence-corrected chi connectivity index (χ4v) is 6.30. The van der Waals surface area contributed by atoms with Gasteiger partial charge in [-0.1, -0.05) is 0 Å². The van der Waals surface area contributed by atoms with Gasteiger partial charge in [-0.25, -0.2) is 4.98 Å². The van der Waals surface area contributed by atoms with Crippen LogP contribution < -0.4 is 26.3 Å². The predicted molar refractivity (Wildman–Crippen MR) is 173 cm³/mol. The minimum absolute atomic E-state index is 0.0314.